The molecule has 0 radical (unpaired) electrons. The number of likely N-dealkylation sites (N-methyl/N-ethyl adjacent to an activating group) is 1. The second-order valence-electron chi connectivity index (χ2n) is 10.8. The second kappa shape index (κ2) is 14.0. The number of fused-ring (bicyclic) bond motifs is 1. The van der Waals surface area contributed by atoms with Crippen LogP contribution in [0.5, 0.6) is 0 Å². The highest BCUT2D eigenvalue weighted by Gasteiger charge is 2.50. The largest absolute Gasteiger partial charge is 0.351 e. The first-order chi connectivity index (χ1) is 20.8. The van der Waals surface area contributed by atoms with E-state index >= 15 is 0 Å². The molecule has 1 atom stereocenters. The number of aryl methyl sites for hydroxylation is 2. The van der Waals surface area contributed by atoms with Crippen molar-refractivity contribution in [2.24, 2.45) is 7.05 Å². The van der Waals surface area contributed by atoms with Gasteiger partial charge in [0, 0.05) is 26.9 Å². The number of hydrogen-bond donors (Lipinski definition) is 0. The number of nitrogens with zero attached hydrogens (tertiary/aromatic N) is 4. The molecule has 1 aromatic heterocycles. The van der Waals surface area contributed by atoms with Crippen molar-refractivity contribution in [1.29, 1.82) is 0 Å². The highest BCUT2D eigenvalue weighted by molar-refractivity contribution is 7.90. The topological polar surface area (TPSA) is 128 Å². The number of carbonyl (C=O) groups excluding carboxylic acids is 2. The predicted octanol–water partition coefficient (Wildman–Crippen LogP) is 3.50. The Morgan fingerprint density at radius 3 is 2.18 bits per heavy atom. The average Bonchev–Trinajstić information content (AvgIpc) is 3.42. The zero-order valence-corrected chi connectivity index (χ0v) is 26.3. The van der Waals surface area contributed by atoms with E-state index in [4.69, 9.17) is 0 Å². The molecule has 3 aromatic carbocycles. The van der Waals surface area contributed by atoms with Crippen LogP contribution in [0.25, 0.3) is 5.69 Å². The van der Waals surface area contributed by atoms with Gasteiger partial charge in [0.05, 0.1) is 16.0 Å². The highest BCUT2D eigenvalue weighted by atomic mass is 32.2. The summed E-state index contributed by atoms with van der Waals surface area (Å²) in [6.45, 7) is 4.28. The van der Waals surface area contributed by atoms with E-state index in [2.05, 4.69) is 36.3 Å². The number of hydrogen-bond acceptors (Lipinski definition) is 7. The summed E-state index contributed by atoms with van der Waals surface area (Å²) in [5.74, 6) is -1.25. The van der Waals surface area contributed by atoms with Gasteiger partial charge in [-0.05, 0) is 72.7 Å². The van der Waals surface area contributed by atoms with Gasteiger partial charge in [0.15, 0.2) is 9.84 Å². The van der Waals surface area contributed by atoms with Crippen molar-refractivity contribution in [2.45, 2.75) is 50.8 Å². The van der Waals surface area contributed by atoms with Crippen LogP contribution in [0.15, 0.2) is 93.5 Å². The standard InChI is InChI=1S/C25H26N4O6S.C8H10.CH4/c1-5-27(2)23(32)22(31)25(17-6-9-19(10-7-17)36(4,34)35)13-12-16-14-18(8-11-20(16)25)29-24(33)28(3)21(30)15-26-29;1-2-8-6-4-3-5-7-8;/h6-11,14-15H,5,12-13H2,1-4H3;3-7H,2H2,1H3;1H4. The molecule has 10 nitrogen and oxygen atoms in total. The number of sulfone groups is 1. The van der Waals surface area contributed by atoms with Gasteiger partial charge in [-0.2, -0.15) is 9.78 Å². The summed E-state index contributed by atoms with van der Waals surface area (Å²) in [6.07, 6.45) is 4.02. The third-order valence-corrected chi connectivity index (χ3v) is 9.20. The predicted molar refractivity (Wildman–Crippen MR) is 175 cm³/mol. The summed E-state index contributed by atoms with van der Waals surface area (Å²) in [6, 6.07) is 21.5. The molecule has 0 saturated heterocycles. The molecule has 1 unspecified atom stereocenters. The lowest BCUT2D eigenvalue weighted by atomic mass is 9.71. The molecule has 1 aliphatic carbocycles. The Balaban J connectivity index is 0.000000535. The van der Waals surface area contributed by atoms with E-state index < -0.39 is 38.2 Å². The normalized spacial score (nSPS) is 15.2. The van der Waals surface area contributed by atoms with E-state index in [9.17, 15) is 27.6 Å². The van der Waals surface area contributed by atoms with Crippen molar-refractivity contribution >= 4 is 21.5 Å². The summed E-state index contributed by atoms with van der Waals surface area (Å²) >= 11 is 0. The molecule has 11 heteroatoms. The minimum Gasteiger partial charge on any atom is -0.339 e. The second-order valence-corrected chi connectivity index (χ2v) is 12.8. The summed E-state index contributed by atoms with van der Waals surface area (Å²) in [7, 11) is -0.538. The fraction of sp³-hybridized carbons (Fsp3) is 0.324. The number of Topliss-reactive ketones (excluding diaryl/α,β-unsaturated/α-hetero) is 1. The molecule has 0 aliphatic heterocycles. The van der Waals surface area contributed by atoms with Crippen molar-refractivity contribution in [2.75, 3.05) is 19.8 Å². The number of rotatable bonds is 7. The Labute approximate surface area is 263 Å². The first-order valence-electron chi connectivity index (χ1n) is 14.3. The first kappa shape index (κ1) is 34.8. The van der Waals surface area contributed by atoms with Gasteiger partial charge in [0.2, 0.25) is 5.78 Å². The lowest BCUT2D eigenvalue weighted by Crippen LogP contribution is -2.46. The van der Waals surface area contributed by atoms with Crippen LogP contribution >= 0.6 is 0 Å². The van der Waals surface area contributed by atoms with Crippen LogP contribution in [0, 0.1) is 0 Å². The van der Waals surface area contributed by atoms with Crippen LogP contribution in [0.3, 0.4) is 0 Å². The number of benzene rings is 3. The van der Waals surface area contributed by atoms with Gasteiger partial charge < -0.3 is 4.90 Å². The van der Waals surface area contributed by atoms with Crippen molar-refractivity contribution in [1.82, 2.24) is 19.2 Å². The van der Waals surface area contributed by atoms with Gasteiger partial charge >= 0.3 is 5.69 Å². The SMILES string of the molecule is C.CCN(C)C(=O)C(=O)C1(c2ccc(S(C)(=O)=O)cc2)CCc2cc(-n3ncc(=O)n(C)c3=O)ccc21.CCc1ccccc1. The van der Waals surface area contributed by atoms with E-state index in [0.717, 1.165) is 33.7 Å². The lowest BCUT2D eigenvalue weighted by molar-refractivity contribution is -0.146. The number of carbonyl (C=O) groups is 2. The molecule has 0 spiro atoms. The third kappa shape index (κ3) is 6.88. The van der Waals surface area contributed by atoms with Gasteiger partial charge in [-0.1, -0.05) is 62.9 Å². The maximum absolute atomic E-state index is 13.8. The minimum atomic E-state index is -3.45. The molecule has 1 heterocycles. The maximum atomic E-state index is 13.8. The van der Waals surface area contributed by atoms with Crippen molar-refractivity contribution in [3.05, 3.63) is 122 Å². The zero-order chi connectivity index (χ0) is 32.2. The molecule has 1 aliphatic rings. The first-order valence-corrected chi connectivity index (χ1v) is 16.2. The van der Waals surface area contributed by atoms with Crippen LogP contribution in [-0.2, 0) is 44.7 Å². The Morgan fingerprint density at radius 1 is 0.978 bits per heavy atom. The average molecular weight is 633 g/mol. The van der Waals surface area contributed by atoms with E-state index in [0.29, 0.717) is 36.2 Å². The fourth-order valence-corrected chi connectivity index (χ4v) is 5.95. The maximum Gasteiger partial charge on any atom is 0.351 e. The highest BCUT2D eigenvalue weighted by Crippen LogP contribution is 2.46. The summed E-state index contributed by atoms with van der Waals surface area (Å²) in [4.78, 5) is 52.6. The number of aromatic nitrogens is 3. The van der Waals surface area contributed by atoms with E-state index in [1.54, 1.807) is 44.3 Å². The minimum absolute atomic E-state index is 0. The van der Waals surface area contributed by atoms with Crippen molar-refractivity contribution in [3.63, 3.8) is 0 Å². The van der Waals surface area contributed by atoms with Gasteiger partial charge in [0.25, 0.3) is 11.5 Å². The molecule has 238 valence electrons. The van der Waals surface area contributed by atoms with Crippen molar-refractivity contribution in [3.8, 4) is 5.69 Å². The molecule has 0 bridgehead atoms. The van der Waals surface area contributed by atoms with Gasteiger partial charge in [-0.25, -0.2) is 13.2 Å². The number of amides is 1. The summed E-state index contributed by atoms with van der Waals surface area (Å²) in [5.41, 5.74) is 1.25. The molecular weight excluding hydrogens is 592 g/mol. The molecule has 5 rings (SSSR count). The molecule has 1 amide bonds. The van der Waals surface area contributed by atoms with Crippen LogP contribution in [0.2, 0.25) is 0 Å². The third-order valence-electron chi connectivity index (χ3n) is 8.07. The zero-order valence-electron chi connectivity index (χ0n) is 25.5. The molecular formula is C34H40N4O6S. The summed E-state index contributed by atoms with van der Waals surface area (Å²) < 4.78 is 26.0. The Bertz CT molecular complexity index is 1920. The van der Waals surface area contributed by atoms with Gasteiger partial charge in [0.1, 0.15) is 6.20 Å². The smallest absolute Gasteiger partial charge is 0.339 e. The van der Waals surface area contributed by atoms with Crippen molar-refractivity contribution < 1.29 is 18.0 Å². The molecule has 45 heavy (non-hydrogen) atoms. The van der Waals surface area contributed by atoms with Crippen LogP contribution in [0.4, 0.5) is 0 Å². The monoisotopic (exact) mass is 632 g/mol. The van der Waals surface area contributed by atoms with Crippen LogP contribution in [0.1, 0.15) is 49.9 Å². The van der Waals surface area contributed by atoms with Crippen LogP contribution in [-0.4, -0.2) is 59.2 Å². The van der Waals surface area contributed by atoms with Gasteiger partial charge in [-0.15, -0.1) is 0 Å². The van der Waals surface area contributed by atoms with Crippen LogP contribution < -0.4 is 11.2 Å². The molecule has 0 fully saturated rings. The van der Waals surface area contributed by atoms with E-state index in [-0.39, 0.29) is 12.3 Å². The fourth-order valence-electron chi connectivity index (χ4n) is 5.32. The Morgan fingerprint density at radius 2 is 1.62 bits per heavy atom. The Hall–Kier alpha value is -4.64. The molecule has 0 N–H and O–H groups in total. The Kier molecular flexibility index (Phi) is 10.8. The van der Waals surface area contributed by atoms with E-state index in [1.807, 2.05) is 6.07 Å². The molecule has 0 saturated carbocycles. The quantitative estimate of drug-likeness (QED) is 0.285. The molecule has 4 aromatic rings. The summed E-state index contributed by atoms with van der Waals surface area (Å²) in [5, 5.41) is 3.95. The van der Waals surface area contributed by atoms with E-state index in [1.165, 1.54) is 29.6 Å². The van der Waals surface area contributed by atoms with Gasteiger partial charge in [-0.3, -0.25) is 19.0 Å². The lowest BCUT2D eigenvalue weighted by Gasteiger charge is -2.31. The number of ketones is 1.